The Morgan fingerprint density at radius 2 is 1.81 bits per heavy atom. The molecule has 2 aromatic rings. The van der Waals surface area contributed by atoms with E-state index in [9.17, 15) is 14.0 Å². The molecule has 138 valence electrons. The van der Waals surface area contributed by atoms with E-state index in [0.29, 0.717) is 28.2 Å². The minimum absolute atomic E-state index is 0.201. The van der Waals surface area contributed by atoms with Crippen LogP contribution in [-0.2, 0) is 4.79 Å². The maximum Gasteiger partial charge on any atom is 0.341 e. The number of benzene rings is 2. The van der Waals surface area contributed by atoms with Gasteiger partial charge in [0.05, 0.1) is 6.54 Å². The van der Waals surface area contributed by atoms with E-state index >= 15 is 0 Å². The van der Waals surface area contributed by atoms with Crippen molar-refractivity contribution in [1.29, 1.82) is 0 Å². The minimum atomic E-state index is -1.07. The van der Waals surface area contributed by atoms with Crippen LogP contribution in [0.3, 0.4) is 0 Å². The highest BCUT2D eigenvalue weighted by atomic mass is 19.1. The number of carbonyl (C=O) groups is 2. The molecule has 0 fully saturated rings. The van der Waals surface area contributed by atoms with Crippen molar-refractivity contribution < 1.29 is 28.6 Å². The molecule has 0 saturated heterocycles. The third-order valence-electron chi connectivity index (χ3n) is 3.51. The van der Waals surface area contributed by atoms with Crippen LogP contribution in [-0.4, -0.2) is 36.7 Å². The number of amides is 1. The number of carboxylic acids is 1. The van der Waals surface area contributed by atoms with Crippen molar-refractivity contribution in [1.82, 2.24) is 5.32 Å². The molecule has 0 unspecified atom stereocenters. The van der Waals surface area contributed by atoms with Gasteiger partial charge in [-0.05, 0) is 49.2 Å². The quantitative estimate of drug-likeness (QED) is 0.706. The predicted octanol–water partition coefficient (Wildman–Crippen LogP) is 2.71. The third kappa shape index (κ3) is 5.47. The standard InChI is InChI=1S/C19H20FNO5/c1-12-8-14(9-13(2)18(12)26-11-17(22)23)19(24)21-6-7-25-16-5-3-4-15(20)10-16/h3-5,8-10H,6-7,11H2,1-2H3,(H,21,24)(H,22,23). The lowest BCUT2D eigenvalue weighted by molar-refractivity contribution is -0.139. The SMILES string of the molecule is Cc1cc(C(=O)NCCOc2cccc(F)c2)cc(C)c1OCC(=O)O. The van der Waals surface area contributed by atoms with E-state index in [-0.39, 0.29) is 24.9 Å². The van der Waals surface area contributed by atoms with E-state index < -0.39 is 12.6 Å². The van der Waals surface area contributed by atoms with Crippen molar-refractivity contribution in [2.45, 2.75) is 13.8 Å². The molecule has 2 aromatic carbocycles. The van der Waals surface area contributed by atoms with E-state index in [2.05, 4.69) is 5.32 Å². The van der Waals surface area contributed by atoms with Crippen LogP contribution in [0, 0.1) is 19.7 Å². The topological polar surface area (TPSA) is 84.9 Å². The summed E-state index contributed by atoms with van der Waals surface area (Å²) >= 11 is 0. The molecule has 1 amide bonds. The summed E-state index contributed by atoms with van der Waals surface area (Å²) in [5.74, 6) is -0.889. The number of carbonyl (C=O) groups excluding carboxylic acids is 1. The van der Waals surface area contributed by atoms with E-state index in [0.717, 1.165) is 0 Å². The number of aliphatic carboxylic acids is 1. The smallest absolute Gasteiger partial charge is 0.341 e. The molecule has 2 N–H and O–H groups in total. The molecular weight excluding hydrogens is 341 g/mol. The molecule has 0 aliphatic carbocycles. The molecular formula is C19H20FNO5. The Bertz CT molecular complexity index is 783. The molecule has 0 radical (unpaired) electrons. The summed E-state index contributed by atoms with van der Waals surface area (Å²) in [5, 5.41) is 11.4. The van der Waals surface area contributed by atoms with Gasteiger partial charge in [0.25, 0.3) is 5.91 Å². The van der Waals surface area contributed by atoms with Crippen LogP contribution in [0.15, 0.2) is 36.4 Å². The van der Waals surface area contributed by atoms with Crippen LogP contribution < -0.4 is 14.8 Å². The Labute approximate surface area is 150 Å². The first-order valence-corrected chi connectivity index (χ1v) is 7.99. The Morgan fingerprint density at radius 1 is 1.12 bits per heavy atom. The zero-order valence-electron chi connectivity index (χ0n) is 14.5. The summed E-state index contributed by atoms with van der Waals surface area (Å²) in [6.45, 7) is 3.50. The first-order chi connectivity index (χ1) is 12.4. The molecule has 6 nitrogen and oxygen atoms in total. The number of ether oxygens (including phenoxy) is 2. The molecule has 2 rings (SSSR count). The molecule has 0 bridgehead atoms. The van der Waals surface area contributed by atoms with Gasteiger partial charge in [-0.1, -0.05) is 6.07 Å². The van der Waals surface area contributed by atoms with Gasteiger partial charge in [0.2, 0.25) is 0 Å². The van der Waals surface area contributed by atoms with E-state index in [1.807, 2.05) is 0 Å². The fourth-order valence-electron chi connectivity index (χ4n) is 2.44. The van der Waals surface area contributed by atoms with Gasteiger partial charge in [0.1, 0.15) is 23.9 Å². The second kappa shape index (κ2) is 8.84. The number of hydrogen-bond donors (Lipinski definition) is 2. The van der Waals surface area contributed by atoms with Gasteiger partial charge in [0, 0.05) is 11.6 Å². The zero-order chi connectivity index (χ0) is 19.1. The molecule has 0 spiro atoms. The van der Waals surface area contributed by atoms with Crippen LogP contribution in [0.5, 0.6) is 11.5 Å². The molecule has 26 heavy (non-hydrogen) atoms. The van der Waals surface area contributed by atoms with Gasteiger partial charge < -0.3 is 19.9 Å². The average Bonchev–Trinajstić information content (AvgIpc) is 2.57. The molecule has 7 heteroatoms. The number of hydrogen-bond acceptors (Lipinski definition) is 4. The largest absolute Gasteiger partial charge is 0.492 e. The van der Waals surface area contributed by atoms with Crippen LogP contribution in [0.4, 0.5) is 4.39 Å². The minimum Gasteiger partial charge on any atom is -0.492 e. The molecule has 0 atom stereocenters. The average molecular weight is 361 g/mol. The highest BCUT2D eigenvalue weighted by Crippen LogP contribution is 2.24. The number of nitrogens with one attached hydrogen (secondary N) is 1. The lowest BCUT2D eigenvalue weighted by Gasteiger charge is -2.13. The molecule has 0 aliphatic rings. The van der Waals surface area contributed by atoms with Crippen molar-refractivity contribution in [3.8, 4) is 11.5 Å². The fourth-order valence-corrected chi connectivity index (χ4v) is 2.44. The fraction of sp³-hybridized carbons (Fsp3) is 0.263. The molecule has 0 heterocycles. The highest BCUT2D eigenvalue weighted by molar-refractivity contribution is 5.94. The lowest BCUT2D eigenvalue weighted by Crippen LogP contribution is -2.28. The van der Waals surface area contributed by atoms with Gasteiger partial charge in [-0.2, -0.15) is 0 Å². The first kappa shape index (κ1) is 19.2. The van der Waals surface area contributed by atoms with Crippen molar-refractivity contribution in [2.75, 3.05) is 19.8 Å². The Hall–Kier alpha value is -3.09. The maximum absolute atomic E-state index is 13.0. The second-order valence-electron chi connectivity index (χ2n) is 5.68. The Balaban J connectivity index is 1.89. The van der Waals surface area contributed by atoms with Crippen molar-refractivity contribution in [3.05, 3.63) is 58.9 Å². The summed E-state index contributed by atoms with van der Waals surface area (Å²) in [5.41, 5.74) is 1.79. The third-order valence-corrected chi connectivity index (χ3v) is 3.51. The zero-order valence-corrected chi connectivity index (χ0v) is 14.5. The van der Waals surface area contributed by atoms with Gasteiger partial charge >= 0.3 is 5.97 Å². The number of aryl methyl sites for hydroxylation is 2. The number of rotatable bonds is 8. The van der Waals surface area contributed by atoms with Crippen LogP contribution in [0.2, 0.25) is 0 Å². The van der Waals surface area contributed by atoms with Gasteiger partial charge in [-0.25, -0.2) is 9.18 Å². The highest BCUT2D eigenvalue weighted by Gasteiger charge is 2.12. The van der Waals surface area contributed by atoms with E-state index in [4.69, 9.17) is 14.6 Å². The van der Waals surface area contributed by atoms with Crippen molar-refractivity contribution in [3.63, 3.8) is 0 Å². The summed E-state index contributed by atoms with van der Waals surface area (Å²) in [4.78, 5) is 22.8. The molecule has 0 aliphatic heterocycles. The van der Waals surface area contributed by atoms with Gasteiger partial charge in [0.15, 0.2) is 6.61 Å². The van der Waals surface area contributed by atoms with Crippen LogP contribution >= 0.6 is 0 Å². The van der Waals surface area contributed by atoms with E-state index in [1.54, 1.807) is 38.1 Å². The predicted molar refractivity (Wildman–Crippen MR) is 93.3 cm³/mol. The first-order valence-electron chi connectivity index (χ1n) is 7.99. The lowest BCUT2D eigenvalue weighted by atomic mass is 10.1. The summed E-state index contributed by atoms with van der Waals surface area (Å²) in [6.07, 6.45) is 0. The van der Waals surface area contributed by atoms with Gasteiger partial charge in [-0.15, -0.1) is 0 Å². The molecule has 0 aromatic heterocycles. The van der Waals surface area contributed by atoms with Crippen LogP contribution in [0.25, 0.3) is 0 Å². The van der Waals surface area contributed by atoms with E-state index in [1.165, 1.54) is 12.1 Å². The monoisotopic (exact) mass is 361 g/mol. The summed E-state index contributed by atoms with van der Waals surface area (Å²) < 4.78 is 23.6. The summed E-state index contributed by atoms with van der Waals surface area (Å²) in [7, 11) is 0. The number of halogens is 1. The van der Waals surface area contributed by atoms with Crippen LogP contribution in [0.1, 0.15) is 21.5 Å². The Morgan fingerprint density at radius 3 is 2.42 bits per heavy atom. The molecule has 0 saturated carbocycles. The second-order valence-corrected chi connectivity index (χ2v) is 5.68. The number of carboxylic acid groups (broad SMARTS) is 1. The van der Waals surface area contributed by atoms with Gasteiger partial charge in [-0.3, -0.25) is 4.79 Å². The summed E-state index contributed by atoms with van der Waals surface area (Å²) in [6, 6.07) is 9.03. The maximum atomic E-state index is 13.0. The normalized spacial score (nSPS) is 10.3. The van der Waals surface area contributed by atoms with Crippen molar-refractivity contribution >= 4 is 11.9 Å². The van der Waals surface area contributed by atoms with Crippen molar-refractivity contribution in [2.24, 2.45) is 0 Å². The Kier molecular flexibility index (Phi) is 6.54.